The molecule has 0 spiro atoms. The van der Waals surface area contributed by atoms with Crippen LogP contribution in [0.2, 0.25) is 0 Å². The van der Waals surface area contributed by atoms with E-state index >= 15 is 13.3 Å². The molecule has 12 atom stereocenters. The first-order valence-electron chi connectivity index (χ1n) is 31.9. The Labute approximate surface area is 570 Å². The van der Waals surface area contributed by atoms with Crippen LogP contribution < -0.4 is 21.7 Å². The zero-order chi connectivity index (χ0) is 68.8. The molecule has 4 aliphatic heterocycles. The third kappa shape index (κ3) is 17.4. The zero-order valence-electron chi connectivity index (χ0n) is 53.3. The van der Waals surface area contributed by atoms with Gasteiger partial charge < -0.3 is 68.8 Å². The molecule has 3 saturated heterocycles. The van der Waals surface area contributed by atoms with Gasteiger partial charge in [0.2, 0.25) is 11.8 Å². The third-order valence-electron chi connectivity index (χ3n) is 16.6. The molecule has 4 aliphatic rings. The van der Waals surface area contributed by atoms with Crippen molar-refractivity contribution >= 4 is 86.6 Å². The molecule has 3 aromatic carbocycles. The number of aliphatic hydroxyl groups is 1. The van der Waals surface area contributed by atoms with E-state index in [0.29, 0.717) is 88.9 Å². The van der Waals surface area contributed by atoms with Gasteiger partial charge >= 0.3 is 15.1 Å². The van der Waals surface area contributed by atoms with E-state index in [2.05, 4.69) is 45.5 Å². The summed E-state index contributed by atoms with van der Waals surface area (Å²) < 4.78 is 141. The molecule has 6 N–H and O–H groups in total. The highest BCUT2D eigenvalue weighted by atomic mass is 32.7. The molecule has 0 aliphatic carbocycles. The van der Waals surface area contributed by atoms with E-state index in [1.807, 2.05) is 65.3 Å². The minimum atomic E-state index is -4.51. The van der Waals surface area contributed by atoms with Crippen LogP contribution in [0.3, 0.4) is 0 Å². The first-order chi connectivity index (χ1) is 48.2. The van der Waals surface area contributed by atoms with Crippen molar-refractivity contribution in [2.45, 2.75) is 113 Å². The van der Waals surface area contributed by atoms with Gasteiger partial charge in [-0.3, -0.25) is 36.9 Å². The molecule has 12 rings (SSSR count). The minimum Gasteiger partial charge on any atom is -0.388 e. The van der Waals surface area contributed by atoms with Gasteiger partial charge in [0.05, 0.1) is 103 Å². The Kier molecular flexibility index (Phi) is 24.6. The summed E-state index contributed by atoms with van der Waals surface area (Å²) in [4.78, 5) is 53.1. The molecule has 0 radical (unpaired) electrons. The van der Waals surface area contributed by atoms with Crippen molar-refractivity contribution in [2.24, 2.45) is 0 Å². The molecule has 2 amide bonds. The highest BCUT2D eigenvalue weighted by molar-refractivity contribution is 8.54. The highest BCUT2D eigenvalue weighted by Crippen LogP contribution is 2.64. The Hall–Kier alpha value is -7.14. The van der Waals surface area contributed by atoms with E-state index in [1.54, 1.807) is 17.0 Å². The summed E-state index contributed by atoms with van der Waals surface area (Å²) in [7, 11) is -4.94. The molecule has 32 nitrogen and oxygen atoms in total. The predicted octanol–water partition coefficient (Wildman–Crippen LogP) is 6.70. The number of fused-ring (bicyclic) bond motifs is 9. The number of unbranched alkanes of at least 4 members (excludes halogenated alkanes) is 1. The number of nitrogens with zero attached hydrogens (tertiary/aromatic N) is 12. The number of ether oxygens (including phenoxy) is 6. The molecule has 0 bridgehead atoms. The fraction of sp³-hybridized carbons (Fsp3) is 0.475. The monoisotopic (exact) mass is 1450 g/mol. The number of carbonyl (C=O) groups is 2. The average molecular weight is 1450 g/mol. The molecule has 5 aromatic heterocycles. The largest absolute Gasteiger partial charge is 0.389 e. The molecule has 3 unspecified atom stereocenters. The minimum absolute atomic E-state index is 0.0295. The van der Waals surface area contributed by atoms with Gasteiger partial charge in [-0.15, -0.1) is 5.10 Å². The topological polar surface area (TPSA) is 392 Å². The van der Waals surface area contributed by atoms with Gasteiger partial charge in [-0.2, -0.15) is 0 Å². The van der Waals surface area contributed by atoms with Crippen molar-refractivity contribution in [1.29, 1.82) is 0 Å². The Bertz CT molecular complexity index is 4150. The summed E-state index contributed by atoms with van der Waals surface area (Å²) in [6, 6.07) is 22.8. The number of rotatable bonds is 30. The Morgan fingerprint density at radius 2 is 1.40 bits per heavy atom. The molecule has 0 saturated carbocycles. The molecule has 530 valence electrons. The maximum atomic E-state index is 17.0. The number of imidazole rings is 2. The lowest BCUT2D eigenvalue weighted by molar-refractivity contribution is -0.122. The van der Waals surface area contributed by atoms with Gasteiger partial charge in [-0.1, -0.05) is 71.9 Å². The molecule has 9 heterocycles. The number of aromatic nitrogens is 11. The predicted molar refractivity (Wildman–Crippen MR) is 356 cm³/mol. The van der Waals surface area contributed by atoms with Gasteiger partial charge in [0.25, 0.3) is 0 Å². The first kappa shape index (κ1) is 71.7. The summed E-state index contributed by atoms with van der Waals surface area (Å²) in [5, 5.41) is 21.8. The Morgan fingerprint density at radius 1 is 0.758 bits per heavy atom. The third-order valence-corrected chi connectivity index (χ3v) is 21.4. The van der Waals surface area contributed by atoms with Crippen LogP contribution in [0, 0.1) is 0 Å². The van der Waals surface area contributed by atoms with E-state index in [4.69, 9.17) is 62.5 Å². The summed E-state index contributed by atoms with van der Waals surface area (Å²) in [5.74, 6) is -0.0942. The van der Waals surface area contributed by atoms with E-state index in [9.17, 15) is 23.8 Å². The van der Waals surface area contributed by atoms with Crippen LogP contribution in [0.15, 0.2) is 98.1 Å². The number of alkyl halides is 2. The van der Waals surface area contributed by atoms with Crippen molar-refractivity contribution in [1.82, 2.24) is 59.3 Å². The number of hydrogen-bond acceptors (Lipinski definition) is 28. The number of benzene rings is 3. The second kappa shape index (κ2) is 34.0. The summed E-state index contributed by atoms with van der Waals surface area (Å²) in [5.41, 5.74) is 18.9. The normalized spacial score (nSPS) is 23.6. The smallest absolute Gasteiger partial charge is 0.388 e. The maximum absolute atomic E-state index is 17.0. The lowest BCUT2D eigenvalue weighted by Gasteiger charge is -2.28. The Balaban J connectivity index is 0.600. The second-order valence-electron chi connectivity index (χ2n) is 23.2. The number of amides is 2. The van der Waals surface area contributed by atoms with Crippen molar-refractivity contribution in [3.63, 3.8) is 0 Å². The van der Waals surface area contributed by atoms with E-state index < -0.39 is 92.3 Å². The fourth-order valence-electron chi connectivity index (χ4n) is 11.7. The molecular formula is C61H74F2N15O17P3S. The van der Waals surface area contributed by atoms with Crippen LogP contribution >= 0.6 is 35.1 Å². The standard InChI is InChI=1S/C61H74F2N15O17P3S/c62-48-54-45(93-60(48)76-35-71-51-56(64)67-33-69-58(51)76)31-91-98(84,95-55-44(30-90-97(83)94-54)92-61(49(55)63)77-36-72-52-57(65)68-34-70-59(52)77)99-32-38-16-14-37(15-17-38)27-88-25-24-86-23-22-85-21-19-78-53-41-9-2-1-8-39(41)26-75(43-11-4-3-10-42(43)50(53)73-74-78)47(81)13-6-5-12-46(80)66-18-7-20-87-28-40(79)29-89-96-82/h1-4,8-11,14-17,33-36,40,44-45,48-49,54-55,60-61,79,97H,5-7,12-13,18-32,96H2,(H,66,80)(H2,64,67,69)(H2,65,68,70)/t40?,44-,45-,48-,49-,54-,55-,60-,61-,98+/m1/s1. The van der Waals surface area contributed by atoms with Crippen LogP contribution in [-0.2, 0) is 99.8 Å². The van der Waals surface area contributed by atoms with Gasteiger partial charge in [-0.25, -0.2) is 47.9 Å². The number of aliphatic hydroxyl groups excluding tert-OH is 1. The van der Waals surface area contributed by atoms with E-state index in [1.165, 1.54) is 34.4 Å². The first-order valence-corrected chi connectivity index (χ1v) is 37.2. The molecular weight excluding hydrogens is 1380 g/mol. The summed E-state index contributed by atoms with van der Waals surface area (Å²) >= 11 is 0.750. The lowest BCUT2D eigenvalue weighted by atomic mass is 9.95. The number of hydrogen-bond donors (Lipinski definition) is 4. The number of anilines is 3. The molecule has 3 fully saturated rings. The van der Waals surface area contributed by atoms with Crippen molar-refractivity contribution < 1.29 is 88.2 Å². The maximum Gasteiger partial charge on any atom is 0.389 e. The molecule has 8 aromatic rings. The van der Waals surface area contributed by atoms with Crippen LogP contribution in [-0.4, -0.2) is 186 Å². The van der Waals surface area contributed by atoms with Crippen molar-refractivity contribution in [3.8, 4) is 22.5 Å². The number of carbonyl (C=O) groups excluding carboxylic acids is 2. The van der Waals surface area contributed by atoms with Gasteiger partial charge in [0, 0.05) is 42.9 Å². The number of halogens is 2. The summed E-state index contributed by atoms with van der Waals surface area (Å²) in [6.07, 6.45) is -6.93. The van der Waals surface area contributed by atoms with Gasteiger partial charge in [0.1, 0.15) is 59.9 Å². The van der Waals surface area contributed by atoms with Gasteiger partial charge in [-0.05, 0) is 53.4 Å². The Morgan fingerprint density at radius 3 is 2.13 bits per heavy atom. The lowest BCUT2D eigenvalue weighted by Crippen LogP contribution is -2.36. The summed E-state index contributed by atoms with van der Waals surface area (Å²) in [6.45, 7) is -2.56. The average Bonchev–Trinajstić information content (AvgIpc) is 1.66. The number of nitrogens with one attached hydrogen (secondary N) is 1. The zero-order valence-corrected chi connectivity index (χ0v) is 57.1. The van der Waals surface area contributed by atoms with E-state index in [0.717, 1.165) is 39.3 Å². The quantitative estimate of drug-likeness (QED) is 0.0268. The van der Waals surface area contributed by atoms with Crippen LogP contribution in [0.5, 0.6) is 0 Å². The van der Waals surface area contributed by atoms with Crippen LogP contribution in [0.25, 0.3) is 44.8 Å². The van der Waals surface area contributed by atoms with Crippen LogP contribution in [0.1, 0.15) is 61.3 Å². The number of para-hydroxylation sites is 1. The molecule has 38 heteroatoms. The highest BCUT2D eigenvalue weighted by Gasteiger charge is 2.54. The SMILES string of the molecule is Nc1ncnc2c1ncn2[C@@H]1O[C@@H]2CO[P@](=O)(SCc3ccc(COCCOCCOCCn4nnc5c4-c4ccccc4CN(C(=O)CCCCC(=O)NCCCOCC(O)CO[PH2]=O)c4ccccc4-5)cc3)O[C@H]3[C@@H](F)[C@H](n4cnc5c(N)ncnc54)O[C@@H]3CO[PH](=O)O[C@H]2[C@H]1F. The van der Waals surface area contributed by atoms with E-state index in [-0.39, 0.29) is 90.8 Å². The number of nitrogen functional groups attached to an aromatic ring is 2. The van der Waals surface area contributed by atoms with Gasteiger partial charge in [0.15, 0.2) is 56.4 Å². The molecule has 99 heavy (non-hydrogen) atoms. The van der Waals surface area contributed by atoms with Crippen LogP contribution in [0.4, 0.5) is 26.1 Å². The fourth-order valence-corrected chi connectivity index (χ4v) is 16.2. The van der Waals surface area contributed by atoms with Crippen molar-refractivity contribution in [2.75, 3.05) is 89.0 Å². The number of nitrogens with two attached hydrogens (primary N) is 2. The second-order valence-corrected chi connectivity index (χ2v) is 28.8. The van der Waals surface area contributed by atoms with Crippen molar-refractivity contribution in [3.05, 3.63) is 115 Å².